The van der Waals surface area contributed by atoms with Crippen molar-refractivity contribution in [2.45, 2.75) is 32.1 Å². The summed E-state index contributed by atoms with van der Waals surface area (Å²) in [5.74, 6) is 1.10. The Morgan fingerprint density at radius 1 is 1.08 bits per heavy atom. The molecule has 2 fully saturated rings. The molecule has 6 rings (SSSR count). The minimum absolute atomic E-state index is 0.124. The van der Waals surface area contributed by atoms with E-state index in [1.165, 1.54) is 11.3 Å². The molecule has 1 N–H and O–H groups in total. The molecule has 186 valence electrons. The summed E-state index contributed by atoms with van der Waals surface area (Å²) < 4.78 is 6.39. The van der Waals surface area contributed by atoms with Crippen LogP contribution in [0.15, 0.2) is 36.8 Å². The number of benzene rings is 1. The van der Waals surface area contributed by atoms with Gasteiger partial charge in [0.1, 0.15) is 18.2 Å². The first-order valence-electron chi connectivity index (χ1n) is 12.9. The number of anilines is 2. The summed E-state index contributed by atoms with van der Waals surface area (Å²) in [5, 5.41) is 14.0. The number of hydrogen-bond acceptors (Lipinski definition) is 9. The highest BCUT2D eigenvalue weighted by atomic mass is 16.5. The van der Waals surface area contributed by atoms with E-state index < -0.39 is 0 Å². The van der Waals surface area contributed by atoms with Gasteiger partial charge in [-0.2, -0.15) is 5.26 Å². The zero-order chi connectivity index (χ0) is 24.5. The van der Waals surface area contributed by atoms with Gasteiger partial charge in [-0.1, -0.05) is 0 Å². The number of pyridine rings is 1. The van der Waals surface area contributed by atoms with Gasteiger partial charge in [0.05, 0.1) is 29.0 Å². The summed E-state index contributed by atoms with van der Waals surface area (Å²) in [6.45, 7) is 10.4. The third kappa shape index (κ3) is 4.48. The molecule has 3 aromatic rings. The van der Waals surface area contributed by atoms with Crippen molar-refractivity contribution in [2.24, 2.45) is 0 Å². The fourth-order valence-corrected chi connectivity index (χ4v) is 5.82. The number of fused-ring (bicyclic) bond motifs is 2. The van der Waals surface area contributed by atoms with Crippen molar-refractivity contribution in [3.05, 3.63) is 53.6 Å². The highest BCUT2D eigenvalue weighted by molar-refractivity contribution is 5.95. The lowest BCUT2D eigenvalue weighted by Gasteiger charge is -2.42. The molecule has 5 heterocycles. The summed E-state index contributed by atoms with van der Waals surface area (Å²) in [5.41, 5.74) is 4.97. The van der Waals surface area contributed by atoms with Crippen molar-refractivity contribution in [3.63, 3.8) is 0 Å². The number of nitriles is 1. The maximum absolute atomic E-state index is 9.51. The predicted molar refractivity (Wildman–Crippen MR) is 139 cm³/mol. The van der Waals surface area contributed by atoms with Gasteiger partial charge in [0, 0.05) is 88.2 Å². The molecule has 0 saturated carbocycles. The first-order valence-corrected chi connectivity index (χ1v) is 12.9. The summed E-state index contributed by atoms with van der Waals surface area (Å²) >= 11 is 0. The maximum Gasteiger partial charge on any atom is 0.136 e. The van der Waals surface area contributed by atoms with E-state index in [9.17, 15) is 5.26 Å². The topological polar surface area (TPSA) is 93.4 Å². The third-order valence-electron chi connectivity index (χ3n) is 7.52. The molecular formula is C27H32N8O. The van der Waals surface area contributed by atoms with E-state index in [2.05, 4.69) is 60.1 Å². The Balaban J connectivity index is 1.13. The molecule has 0 unspecified atom stereocenters. The van der Waals surface area contributed by atoms with Gasteiger partial charge in [-0.05, 0) is 31.2 Å². The molecule has 3 aliphatic rings. The number of nitrogens with one attached hydrogen (secondary N) is 1. The second-order valence-electron chi connectivity index (χ2n) is 9.95. The highest BCUT2D eigenvalue weighted by Crippen LogP contribution is 2.30. The molecule has 0 aliphatic carbocycles. The second kappa shape index (κ2) is 9.97. The lowest BCUT2D eigenvalue weighted by atomic mass is 10.1. The van der Waals surface area contributed by atoms with Crippen LogP contribution in [-0.2, 0) is 17.7 Å². The Hall–Kier alpha value is -3.32. The smallest absolute Gasteiger partial charge is 0.136 e. The van der Waals surface area contributed by atoms with E-state index in [0.29, 0.717) is 5.56 Å². The fourth-order valence-electron chi connectivity index (χ4n) is 5.82. The summed E-state index contributed by atoms with van der Waals surface area (Å²) in [6, 6.07) is 10.2. The van der Waals surface area contributed by atoms with Crippen LogP contribution in [-0.4, -0.2) is 84.4 Å². The molecule has 36 heavy (non-hydrogen) atoms. The molecule has 2 saturated heterocycles. The zero-order valence-electron chi connectivity index (χ0n) is 20.7. The van der Waals surface area contributed by atoms with Crippen LogP contribution in [0.2, 0.25) is 0 Å². The molecular weight excluding hydrogens is 452 g/mol. The highest BCUT2D eigenvalue weighted by Gasteiger charge is 2.30. The number of piperazine rings is 1. The van der Waals surface area contributed by atoms with Crippen LogP contribution in [0.3, 0.4) is 0 Å². The van der Waals surface area contributed by atoms with Crippen LogP contribution >= 0.6 is 0 Å². The number of rotatable bonds is 4. The molecule has 0 spiro atoms. The summed E-state index contributed by atoms with van der Waals surface area (Å²) in [4.78, 5) is 21.0. The predicted octanol–water partition coefficient (Wildman–Crippen LogP) is 1.96. The Morgan fingerprint density at radius 3 is 2.83 bits per heavy atom. The van der Waals surface area contributed by atoms with Crippen molar-refractivity contribution in [1.29, 1.82) is 5.26 Å². The van der Waals surface area contributed by atoms with Crippen LogP contribution in [0.4, 0.5) is 11.5 Å². The first-order chi connectivity index (χ1) is 17.7. The van der Waals surface area contributed by atoms with Crippen molar-refractivity contribution in [1.82, 2.24) is 25.2 Å². The number of hydrogen-bond donors (Lipinski definition) is 1. The van der Waals surface area contributed by atoms with Crippen LogP contribution in [0, 0.1) is 11.3 Å². The van der Waals surface area contributed by atoms with E-state index in [4.69, 9.17) is 4.74 Å². The minimum Gasteiger partial charge on any atom is -0.370 e. The summed E-state index contributed by atoms with van der Waals surface area (Å²) in [7, 11) is 0. The van der Waals surface area contributed by atoms with Gasteiger partial charge >= 0.3 is 0 Å². The number of morpholine rings is 1. The minimum atomic E-state index is 0.124. The zero-order valence-corrected chi connectivity index (χ0v) is 20.7. The quantitative estimate of drug-likeness (QED) is 0.596. The largest absolute Gasteiger partial charge is 0.370 e. The van der Waals surface area contributed by atoms with Crippen LogP contribution in [0.1, 0.15) is 23.7 Å². The van der Waals surface area contributed by atoms with Gasteiger partial charge in [0.25, 0.3) is 0 Å². The molecule has 0 bridgehead atoms. The van der Waals surface area contributed by atoms with E-state index in [0.717, 1.165) is 87.7 Å². The van der Waals surface area contributed by atoms with Crippen LogP contribution in [0.25, 0.3) is 10.9 Å². The molecule has 2 aromatic heterocycles. The molecule has 1 aromatic carbocycles. The molecule has 0 amide bonds. The monoisotopic (exact) mass is 484 g/mol. The molecule has 3 aliphatic heterocycles. The second-order valence-corrected chi connectivity index (χ2v) is 9.95. The van der Waals surface area contributed by atoms with Gasteiger partial charge < -0.3 is 19.9 Å². The van der Waals surface area contributed by atoms with Gasteiger partial charge in [0.2, 0.25) is 0 Å². The molecule has 2 atom stereocenters. The molecule has 0 radical (unpaired) electrons. The van der Waals surface area contributed by atoms with E-state index >= 15 is 0 Å². The van der Waals surface area contributed by atoms with Crippen molar-refractivity contribution < 1.29 is 4.74 Å². The Kier molecular flexibility index (Phi) is 6.40. The number of nitrogens with zero attached hydrogens (tertiary/aromatic N) is 7. The Labute approximate surface area is 211 Å². The lowest BCUT2D eigenvalue weighted by Crippen LogP contribution is -2.54. The molecule has 9 nitrogen and oxygen atoms in total. The van der Waals surface area contributed by atoms with E-state index in [1.54, 1.807) is 12.5 Å². The lowest BCUT2D eigenvalue weighted by molar-refractivity contribution is -0.0327. The van der Waals surface area contributed by atoms with E-state index in [1.807, 2.05) is 12.1 Å². The van der Waals surface area contributed by atoms with Crippen molar-refractivity contribution >= 4 is 22.4 Å². The van der Waals surface area contributed by atoms with Gasteiger partial charge in [-0.15, -0.1) is 0 Å². The van der Waals surface area contributed by atoms with E-state index in [-0.39, 0.29) is 12.2 Å². The number of ether oxygens (including phenoxy) is 1. The first kappa shape index (κ1) is 23.1. The van der Waals surface area contributed by atoms with Crippen LogP contribution in [0.5, 0.6) is 0 Å². The van der Waals surface area contributed by atoms with Crippen molar-refractivity contribution in [3.8, 4) is 6.07 Å². The SMILES string of the molecule is C[C@@H]1CN(c2ccc(C#N)c3ncccc23)C[C@H](CN2CCN(c3ncnc4c3CNCC4)CC2)O1. The van der Waals surface area contributed by atoms with Gasteiger partial charge in [-0.3, -0.25) is 9.88 Å². The summed E-state index contributed by atoms with van der Waals surface area (Å²) in [6.07, 6.45) is 4.71. The normalized spacial score (nSPS) is 22.9. The van der Waals surface area contributed by atoms with Crippen LogP contribution < -0.4 is 15.1 Å². The Bertz CT molecular complexity index is 1280. The molecule has 9 heteroatoms. The standard InChI is InChI=1S/C27H32N8O/c1-19-15-35(25-5-4-20(13-28)26-22(25)3-2-7-30-26)17-21(36-19)16-33-9-11-34(12-10-33)27-23-14-29-8-6-24(23)31-18-32-27/h2-5,7,18-19,21,29H,6,8-12,14-17H2,1H3/t19-,21+/m1/s1. The maximum atomic E-state index is 9.51. The average molecular weight is 485 g/mol. The number of aromatic nitrogens is 3. The van der Waals surface area contributed by atoms with Crippen molar-refractivity contribution in [2.75, 3.05) is 62.2 Å². The van der Waals surface area contributed by atoms with Gasteiger partial charge in [-0.25, -0.2) is 9.97 Å². The average Bonchev–Trinajstić information content (AvgIpc) is 2.92. The Morgan fingerprint density at radius 2 is 1.97 bits per heavy atom. The third-order valence-corrected chi connectivity index (χ3v) is 7.52. The van der Waals surface area contributed by atoms with Gasteiger partial charge in [0.15, 0.2) is 0 Å². The fraction of sp³-hybridized carbons (Fsp3) is 0.481.